The molecular formula is C15H21N3OS. The fourth-order valence-electron chi connectivity index (χ4n) is 1.93. The van der Waals surface area contributed by atoms with Crippen LogP contribution in [-0.2, 0) is 11.3 Å². The van der Waals surface area contributed by atoms with Gasteiger partial charge in [-0.15, -0.1) is 11.3 Å². The lowest BCUT2D eigenvalue weighted by molar-refractivity contribution is 0.199. The number of nitrogens with one attached hydrogen (secondary N) is 1. The van der Waals surface area contributed by atoms with Crippen molar-refractivity contribution in [3.63, 3.8) is 0 Å². The first-order chi connectivity index (χ1) is 9.85. The average Bonchev–Trinajstić information content (AvgIpc) is 2.94. The minimum atomic E-state index is 0.733. The van der Waals surface area contributed by atoms with Crippen molar-refractivity contribution in [2.24, 2.45) is 0 Å². The lowest BCUT2D eigenvalue weighted by atomic mass is 10.3. The van der Waals surface area contributed by atoms with Crippen LogP contribution in [-0.4, -0.2) is 31.8 Å². The SMILES string of the molecule is CCN(c1ccccc1)c1ncc(CNCCOC)s1. The van der Waals surface area contributed by atoms with Gasteiger partial charge in [0.2, 0.25) is 0 Å². The highest BCUT2D eigenvalue weighted by atomic mass is 32.1. The molecule has 4 nitrogen and oxygen atoms in total. The normalized spacial score (nSPS) is 10.7. The number of benzene rings is 1. The zero-order chi connectivity index (χ0) is 14.2. The molecular weight excluding hydrogens is 270 g/mol. The van der Waals surface area contributed by atoms with Crippen molar-refractivity contribution in [2.45, 2.75) is 13.5 Å². The van der Waals surface area contributed by atoms with E-state index in [4.69, 9.17) is 4.74 Å². The number of thiazole rings is 1. The van der Waals surface area contributed by atoms with Gasteiger partial charge in [-0.25, -0.2) is 4.98 Å². The van der Waals surface area contributed by atoms with Crippen LogP contribution in [0.2, 0.25) is 0 Å². The molecule has 0 saturated carbocycles. The van der Waals surface area contributed by atoms with Crippen molar-refractivity contribution in [3.8, 4) is 0 Å². The van der Waals surface area contributed by atoms with Gasteiger partial charge in [-0.1, -0.05) is 18.2 Å². The molecule has 1 heterocycles. The smallest absolute Gasteiger partial charge is 0.190 e. The van der Waals surface area contributed by atoms with Gasteiger partial charge in [0.05, 0.1) is 6.61 Å². The minimum absolute atomic E-state index is 0.733. The van der Waals surface area contributed by atoms with Crippen LogP contribution in [0.1, 0.15) is 11.8 Å². The molecule has 20 heavy (non-hydrogen) atoms. The number of rotatable bonds is 8. The minimum Gasteiger partial charge on any atom is -0.383 e. The quantitative estimate of drug-likeness (QED) is 0.759. The molecule has 0 fully saturated rings. The van der Waals surface area contributed by atoms with Gasteiger partial charge in [0.25, 0.3) is 0 Å². The summed E-state index contributed by atoms with van der Waals surface area (Å²) >= 11 is 1.73. The molecule has 0 amide bonds. The van der Waals surface area contributed by atoms with E-state index in [1.165, 1.54) is 10.6 Å². The maximum Gasteiger partial charge on any atom is 0.190 e. The van der Waals surface area contributed by atoms with Gasteiger partial charge in [-0.05, 0) is 19.1 Å². The van der Waals surface area contributed by atoms with Crippen molar-refractivity contribution < 1.29 is 4.74 Å². The Balaban J connectivity index is 1.99. The van der Waals surface area contributed by atoms with Gasteiger partial charge >= 0.3 is 0 Å². The van der Waals surface area contributed by atoms with Crippen LogP contribution in [0.5, 0.6) is 0 Å². The van der Waals surface area contributed by atoms with Crippen molar-refractivity contribution in [1.29, 1.82) is 0 Å². The second kappa shape index (κ2) is 7.99. The average molecular weight is 291 g/mol. The van der Waals surface area contributed by atoms with E-state index in [1.54, 1.807) is 18.4 Å². The lowest BCUT2D eigenvalue weighted by Crippen LogP contribution is -2.17. The van der Waals surface area contributed by atoms with E-state index < -0.39 is 0 Å². The van der Waals surface area contributed by atoms with Gasteiger partial charge in [0.1, 0.15) is 0 Å². The molecule has 2 aromatic rings. The molecule has 0 aliphatic rings. The van der Waals surface area contributed by atoms with E-state index in [-0.39, 0.29) is 0 Å². The molecule has 1 aromatic heterocycles. The number of hydrogen-bond acceptors (Lipinski definition) is 5. The third kappa shape index (κ3) is 4.03. The fourth-order valence-corrected chi connectivity index (χ4v) is 2.89. The Kier molecular flexibility index (Phi) is 5.98. The fraction of sp³-hybridized carbons (Fsp3) is 0.400. The predicted octanol–water partition coefficient (Wildman–Crippen LogP) is 3.04. The van der Waals surface area contributed by atoms with Crippen LogP contribution in [0, 0.1) is 0 Å². The molecule has 1 N–H and O–H groups in total. The molecule has 2 rings (SSSR count). The second-order valence-electron chi connectivity index (χ2n) is 4.36. The molecule has 0 bridgehead atoms. The molecule has 0 unspecified atom stereocenters. The van der Waals surface area contributed by atoms with Crippen LogP contribution in [0.3, 0.4) is 0 Å². The van der Waals surface area contributed by atoms with Gasteiger partial charge in [-0.3, -0.25) is 0 Å². The molecule has 108 valence electrons. The first kappa shape index (κ1) is 15.0. The summed E-state index contributed by atoms with van der Waals surface area (Å²) in [5.41, 5.74) is 1.18. The molecule has 1 aromatic carbocycles. The summed E-state index contributed by atoms with van der Waals surface area (Å²) in [5.74, 6) is 0. The maximum atomic E-state index is 5.02. The standard InChI is InChI=1S/C15H21N3OS/c1-3-18(13-7-5-4-6-8-13)15-17-12-14(20-15)11-16-9-10-19-2/h4-8,12,16H,3,9-11H2,1-2H3. The summed E-state index contributed by atoms with van der Waals surface area (Å²) in [5, 5.41) is 4.38. The summed E-state index contributed by atoms with van der Waals surface area (Å²) in [7, 11) is 1.71. The summed E-state index contributed by atoms with van der Waals surface area (Å²) in [4.78, 5) is 8.00. The highest BCUT2D eigenvalue weighted by molar-refractivity contribution is 7.15. The molecule has 0 aliphatic heterocycles. The van der Waals surface area contributed by atoms with Crippen LogP contribution in [0.25, 0.3) is 0 Å². The number of hydrogen-bond donors (Lipinski definition) is 1. The topological polar surface area (TPSA) is 37.4 Å². The Morgan fingerprint density at radius 1 is 1.30 bits per heavy atom. The summed E-state index contributed by atoms with van der Waals surface area (Å²) in [6.45, 7) is 5.49. The van der Waals surface area contributed by atoms with Crippen molar-refractivity contribution in [2.75, 3.05) is 31.7 Å². The van der Waals surface area contributed by atoms with Gasteiger partial charge in [0, 0.05) is 43.5 Å². The Morgan fingerprint density at radius 2 is 2.10 bits per heavy atom. The number of aromatic nitrogens is 1. The number of anilines is 2. The zero-order valence-electron chi connectivity index (χ0n) is 12.0. The third-order valence-corrected chi connectivity index (χ3v) is 3.96. The van der Waals surface area contributed by atoms with Crippen LogP contribution >= 0.6 is 11.3 Å². The highest BCUT2D eigenvalue weighted by Crippen LogP contribution is 2.28. The van der Waals surface area contributed by atoms with Crippen molar-refractivity contribution in [1.82, 2.24) is 10.3 Å². The molecule has 0 radical (unpaired) electrons. The van der Waals surface area contributed by atoms with E-state index >= 15 is 0 Å². The van der Waals surface area contributed by atoms with E-state index in [9.17, 15) is 0 Å². The van der Waals surface area contributed by atoms with Gasteiger partial charge in [0.15, 0.2) is 5.13 Å². The molecule has 0 aliphatic carbocycles. The molecule has 0 spiro atoms. The van der Waals surface area contributed by atoms with Gasteiger partial charge < -0.3 is 15.0 Å². The van der Waals surface area contributed by atoms with Crippen molar-refractivity contribution in [3.05, 3.63) is 41.4 Å². The first-order valence-corrected chi connectivity index (χ1v) is 7.63. The molecule has 5 heteroatoms. The van der Waals surface area contributed by atoms with E-state index in [1.807, 2.05) is 12.3 Å². The predicted molar refractivity (Wildman–Crippen MR) is 84.8 cm³/mol. The number of para-hydroxylation sites is 1. The monoisotopic (exact) mass is 291 g/mol. The number of nitrogens with zero attached hydrogens (tertiary/aromatic N) is 2. The lowest BCUT2D eigenvalue weighted by Gasteiger charge is -2.19. The van der Waals surface area contributed by atoms with Crippen LogP contribution in [0.4, 0.5) is 10.8 Å². The molecule has 0 atom stereocenters. The largest absolute Gasteiger partial charge is 0.383 e. The Labute approximate surface area is 124 Å². The maximum absolute atomic E-state index is 5.02. The Morgan fingerprint density at radius 3 is 2.80 bits per heavy atom. The zero-order valence-corrected chi connectivity index (χ0v) is 12.8. The summed E-state index contributed by atoms with van der Waals surface area (Å²) < 4.78 is 5.02. The third-order valence-electron chi connectivity index (χ3n) is 2.94. The highest BCUT2D eigenvalue weighted by Gasteiger charge is 2.11. The number of ether oxygens (including phenoxy) is 1. The first-order valence-electron chi connectivity index (χ1n) is 6.82. The summed E-state index contributed by atoms with van der Waals surface area (Å²) in [6, 6.07) is 10.4. The summed E-state index contributed by atoms with van der Waals surface area (Å²) in [6.07, 6.45) is 1.95. The Hall–Kier alpha value is -1.43. The van der Waals surface area contributed by atoms with Crippen LogP contribution < -0.4 is 10.2 Å². The van der Waals surface area contributed by atoms with E-state index in [0.29, 0.717) is 0 Å². The van der Waals surface area contributed by atoms with E-state index in [2.05, 4.69) is 46.4 Å². The van der Waals surface area contributed by atoms with E-state index in [0.717, 1.165) is 31.4 Å². The Bertz CT molecular complexity index is 501. The molecule has 0 saturated heterocycles. The van der Waals surface area contributed by atoms with Gasteiger partial charge in [-0.2, -0.15) is 0 Å². The van der Waals surface area contributed by atoms with Crippen molar-refractivity contribution >= 4 is 22.2 Å². The second-order valence-corrected chi connectivity index (χ2v) is 5.45. The number of methoxy groups -OCH3 is 1. The van der Waals surface area contributed by atoms with Crippen LogP contribution in [0.15, 0.2) is 36.5 Å².